The molecule has 3 aromatic carbocycles. The van der Waals surface area contributed by atoms with Gasteiger partial charge in [-0.2, -0.15) is 0 Å². The molecule has 0 atom stereocenters. The number of halogens is 1. The number of pyridine rings is 1. The molecule has 5 nitrogen and oxygen atoms in total. The first kappa shape index (κ1) is 20.5. The topological polar surface area (TPSA) is 52.8 Å². The van der Waals surface area contributed by atoms with Gasteiger partial charge in [-0.1, -0.05) is 81.8 Å². The molecule has 0 spiro atoms. The zero-order chi connectivity index (χ0) is 21.8. The van der Waals surface area contributed by atoms with Crippen molar-refractivity contribution in [2.24, 2.45) is 0 Å². The molecule has 0 bridgehead atoms. The van der Waals surface area contributed by atoms with Gasteiger partial charge in [-0.15, -0.1) is 5.10 Å². The Morgan fingerprint density at radius 2 is 1.69 bits per heavy atom. The average molecular weight is 485 g/mol. The van der Waals surface area contributed by atoms with E-state index in [4.69, 9.17) is 9.72 Å². The van der Waals surface area contributed by atoms with E-state index in [-0.39, 0.29) is 0 Å². The predicted octanol–water partition coefficient (Wildman–Crippen LogP) is 6.02. The molecular formula is C26H21BrN4O. The van der Waals surface area contributed by atoms with Gasteiger partial charge in [-0.3, -0.25) is 0 Å². The fourth-order valence-electron chi connectivity index (χ4n) is 3.68. The van der Waals surface area contributed by atoms with Crippen molar-refractivity contribution < 1.29 is 4.74 Å². The minimum absolute atomic E-state index is 0.400. The summed E-state index contributed by atoms with van der Waals surface area (Å²) in [7, 11) is 0. The summed E-state index contributed by atoms with van der Waals surface area (Å²) in [5.74, 6) is 0. The van der Waals surface area contributed by atoms with Crippen LogP contribution in [-0.2, 0) is 24.5 Å². The maximum atomic E-state index is 6.04. The van der Waals surface area contributed by atoms with Gasteiger partial charge in [-0.05, 0) is 35.4 Å². The number of aromatic nitrogens is 4. The Kier molecular flexibility index (Phi) is 6.05. The highest BCUT2D eigenvalue weighted by atomic mass is 79.9. The summed E-state index contributed by atoms with van der Waals surface area (Å²) in [6, 6.07) is 28.7. The van der Waals surface area contributed by atoms with Crippen LogP contribution in [0.1, 0.15) is 16.8 Å². The fourth-order valence-corrected chi connectivity index (χ4v) is 4.08. The average Bonchev–Trinajstić information content (AvgIpc) is 3.26. The normalized spacial score (nSPS) is 11.2. The maximum absolute atomic E-state index is 6.04. The molecular weight excluding hydrogens is 464 g/mol. The van der Waals surface area contributed by atoms with E-state index in [1.807, 2.05) is 59.4 Å². The summed E-state index contributed by atoms with van der Waals surface area (Å²) in [4.78, 5) is 4.85. The lowest BCUT2D eigenvalue weighted by atomic mass is 10.0. The zero-order valence-electron chi connectivity index (χ0n) is 17.4. The molecule has 0 aliphatic heterocycles. The number of nitrogens with zero attached hydrogens (tertiary/aromatic N) is 4. The molecule has 0 aliphatic rings. The molecule has 0 N–H and O–H groups in total. The molecule has 2 heterocycles. The van der Waals surface area contributed by atoms with Crippen LogP contribution in [0.2, 0.25) is 0 Å². The number of fused-ring (bicyclic) bond motifs is 1. The number of hydrogen-bond donors (Lipinski definition) is 0. The maximum Gasteiger partial charge on any atom is 0.108 e. The van der Waals surface area contributed by atoms with Crippen LogP contribution in [0.3, 0.4) is 0 Å². The van der Waals surface area contributed by atoms with Crippen molar-refractivity contribution in [2.75, 3.05) is 0 Å². The third-order valence-corrected chi connectivity index (χ3v) is 5.70. The predicted molar refractivity (Wildman–Crippen MR) is 129 cm³/mol. The highest BCUT2D eigenvalue weighted by Crippen LogP contribution is 2.27. The third-order valence-electron chi connectivity index (χ3n) is 5.20. The Morgan fingerprint density at radius 3 is 2.56 bits per heavy atom. The van der Waals surface area contributed by atoms with Gasteiger partial charge in [0.05, 0.1) is 37.2 Å². The first-order valence-electron chi connectivity index (χ1n) is 10.4. The summed E-state index contributed by atoms with van der Waals surface area (Å²) in [6.07, 6.45) is 1.94. The number of benzene rings is 3. The van der Waals surface area contributed by atoms with E-state index in [1.54, 1.807) is 0 Å². The van der Waals surface area contributed by atoms with E-state index in [0.717, 1.165) is 37.9 Å². The van der Waals surface area contributed by atoms with Crippen LogP contribution in [-0.4, -0.2) is 20.0 Å². The Balaban J connectivity index is 1.32. The van der Waals surface area contributed by atoms with Gasteiger partial charge in [0.25, 0.3) is 0 Å². The van der Waals surface area contributed by atoms with Gasteiger partial charge in [0.2, 0.25) is 0 Å². The van der Waals surface area contributed by atoms with Crippen molar-refractivity contribution in [1.82, 2.24) is 20.0 Å². The fraction of sp³-hybridized carbons (Fsp3) is 0.115. The van der Waals surface area contributed by atoms with Gasteiger partial charge >= 0.3 is 0 Å². The first-order chi connectivity index (χ1) is 15.7. The van der Waals surface area contributed by atoms with Gasteiger partial charge in [0.1, 0.15) is 5.69 Å². The van der Waals surface area contributed by atoms with E-state index >= 15 is 0 Å². The molecule has 0 saturated carbocycles. The molecule has 0 unspecified atom stereocenters. The van der Waals surface area contributed by atoms with Crippen LogP contribution in [0, 0.1) is 0 Å². The largest absolute Gasteiger partial charge is 0.370 e. The molecule has 6 heteroatoms. The summed E-state index contributed by atoms with van der Waals surface area (Å²) < 4.78 is 8.90. The molecule has 2 aromatic heterocycles. The summed E-state index contributed by atoms with van der Waals surface area (Å²) in [5, 5.41) is 9.57. The van der Waals surface area contributed by atoms with Crippen molar-refractivity contribution in [3.05, 3.63) is 112 Å². The van der Waals surface area contributed by atoms with E-state index in [9.17, 15) is 0 Å². The highest BCUT2D eigenvalue weighted by Gasteiger charge is 2.09. The Morgan fingerprint density at radius 1 is 0.844 bits per heavy atom. The molecule has 5 aromatic rings. The third kappa shape index (κ3) is 4.77. The highest BCUT2D eigenvalue weighted by molar-refractivity contribution is 9.10. The van der Waals surface area contributed by atoms with Crippen molar-refractivity contribution in [3.63, 3.8) is 0 Å². The molecule has 0 aliphatic carbocycles. The van der Waals surface area contributed by atoms with Crippen molar-refractivity contribution >= 4 is 26.8 Å². The minimum atomic E-state index is 0.400. The van der Waals surface area contributed by atoms with Crippen molar-refractivity contribution in [3.8, 4) is 11.3 Å². The standard InChI is InChI=1S/C26H21BrN4O/c27-22-10-6-9-20(13-22)26-14-21(24-11-4-5-12-25(24)28-26)17-32-18-23-16-31(30-29-23)15-19-7-2-1-3-8-19/h1-14,16H,15,17-18H2. The minimum Gasteiger partial charge on any atom is -0.370 e. The molecule has 5 rings (SSSR count). The lowest BCUT2D eigenvalue weighted by Crippen LogP contribution is -2.00. The van der Waals surface area contributed by atoms with Crippen LogP contribution in [0.5, 0.6) is 0 Å². The van der Waals surface area contributed by atoms with E-state index in [1.165, 1.54) is 5.56 Å². The monoisotopic (exact) mass is 484 g/mol. The van der Waals surface area contributed by atoms with E-state index in [2.05, 4.69) is 62.6 Å². The van der Waals surface area contributed by atoms with Gasteiger partial charge in [0.15, 0.2) is 0 Å². The van der Waals surface area contributed by atoms with Crippen LogP contribution >= 0.6 is 15.9 Å². The van der Waals surface area contributed by atoms with Crippen LogP contribution in [0.4, 0.5) is 0 Å². The van der Waals surface area contributed by atoms with Gasteiger partial charge in [-0.25, -0.2) is 9.67 Å². The second-order valence-corrected chi connectivity index (χ2v) is 8.50. The van der Waals surface area contributed by atoms with Crippen LogP contribution in [0.25, 0.3) is 22.2 Å². The van der Waals surface area contributed by atoms with Crippen molar-refractivity contribution in [2.45, 2.75) is 19.8 Å². The van der Waals surface area contributed by atoms with Crippen LogP contribution < -0.4 is 0 Å². The Labute approximate surface area is 194 Å². The second-order valence-electron chi connectivity index (χ2n) is 7.58. The molecule has 32 heavy (non-hydrogen) atoms. The summed E-state index contributed by atoms with van der Waals surface area (Å²) in [6.45, 7) is 1.56. The van der Waals surface area contributed by atoms with Crippen molar-refractivity contribution in [1.29, 1.82) is 0 Å². The molecule has 0 saturated heterocycles. The van der Waals surface area contributed by atoms with E-state index < -0.39 is 0 Å². The number of para-hydroxylation sites is 1. The quantitative estimate of drug-likeness (QED) is 0.283. The summed E-state index contributed by atoms with van der Waals surface area (Å²) in [5.41, 5.74) is 6.05. The smallest absolute Gasteiger partial charge is 0.108 e. The molecule has 0 radical (unpaired) electrons. The number of rotatable bonds is 7. The Hall–Kier alpha value is -3.35. The number of hydrogen-bond acceptors (Lipinski definition) is 4. The molecule has 0 fully saturated rings. The van der Waals surface area contributed by atoms with E-state index in [0.29, 0.717) is 19.8 Å². The van der Waals surface area contributed by atoms with Gasteiger partial charge < -0.3 is 4.74 Å². The first-order valence-corrected chi connectivity index (χ1v) is 11.2. The summed E-state index contributed by atoms with van der Waals surface area (Å²) >= 11 is 3.55. The number of ether oxygens (including phenoxy) is 1. The molecule has 158 valence electrons. The lowest BCUT2D eigenvalue weighted by Gasteiger charge is -2.10. The lowest BCUT2D eigenvalue weighted by molar-refractivity contribution is 0.105. The second kappa shape index (κ2) is 9.42. The Bertz CT molecular complexity index is 1350. The zero-order valence-corrected chi connectivity index (χ0v) is 18.9. The molecule has 0 amide bonds. The SMILES string of the molecule is Brc1cccc(-c2cc(COCc3cn(Cc4ccccc4)nn3)c3ccccc3n2)c1. The van der Waals surface area contributed by atoms with Gasteiger partial charge in [0, 0.05) is 15.4 Å². The van der Waals surface area contributed by atoms with Crippen LogP contribution in [0.15, 0.2) is 95.6 Å².